The number of unbranched alkanes of at least 4 members (excludes halogenated alkanes) is 1. The second-order valence-corrected chi connectivity index (χ2v) is 3.71. The minimum absolute atomic E-state index is 0.181. The largest absolute Gasteiger partial charge is 0.550 e. The number of imidazole rings is 1. The molecule has 0 aromatic carbocycles. The van der Waals surface area contributed by atoms with Crippen molar-refractivity contribution in [3.8, 4) is 0 Å². The zero-order valence-corrected chi connectivity index (χ0v) is 10.5. The van der Waals surface area contributed by atoms with Crippen molar-refractivity contribution in [3.63, 3.8) is 0 Å². The van der Waals surface area contributed by atoms with Crippen LogP contribution in [0.3, 0.4) is 0 Å². The summed E-state index contributed by atoms with van der Waals surface area (Å²) < 4.78 is 2.24. The van der Waals surface area contributed by atoms with Gasteiger partial charge >= 0.3 is 0 Å². The number of carbonyl (C=O) groups excluding carboxylic acids is 1. The second-order valence-electron chi connectivity index (χ2n) is 3.71. The number of aromatic amines is 1. The van der Waals surface area contributed by atoms with E-state index in [4.69, 9.17) is 0 Å². The molecule has 0 aliphatic rings. The third kappa shape index (κ3) is 7.04. The molecule has 0 saturated heterocycles. The van der Waals surface area contributed by atoms with Gasteiger partial charge in [-0.3, -0.25) is 0 Å². The smallest absolute Gasteiger partial charge is 0.251 e. The fourth-order valence-corrected chi connectivity index (χ4v) is 1.22. The first-order valence-electron chi connectivity index (χ1n) is 5.85. The Kier molecular flexibility index (Phi) is 8.21. The summed E-state index contributed by atoms with van der Waals surface area (Å²) in [5.41, 5.74) is 0. The van der Waals surface area contributed by atoms with E-state index in [1.807, 2.05) is 6.20 Å². The van der Waals surface area contributed by atoms with Crippen LogP contribution in [0.5, 0.6) is 0 Å². The van der Waals surface area contributed by atoms with Gasteiger partial charge in [-0.15, -0.1) is 0 Å². The lowest BCUT2D eigenvalue weighted by molar-refractivity contribution is -0.701. The highest BCUT2D eigenvalue weighted by molar-refractivity contribution is 5.63. The first kappa shape index (κ1) is 14.7. The Morgan fingerprint density at radius 2 is 2.12 bits per heavy atom. The Morgan fingerprint density at radius 3 is 2.44 bits per heavy atom. The van der Waals surface area contributed by atoms with Crippen molar-refractivity contribution in [1.29, 1.82) is 0 Å². The van der Waals surface area contributed by atoms with E-state index in [-0.39, 0.29) is 6.42 Å². The van der Waals surface area contributed by atoms with Crippen LogP contribution in [0.4, 0.5) is 0 Å². The normalized spacial score (nSPS) is 9.44. The molecule has 0 radical (unpaired) electrons. The number of aromatic nitrogens is 2. The molecular formula is C12H22N2O2. The molecule has 4 heteroatoms. The first-order chi connectivity index (χ1) is 7.61. The Bertz CT molecular complexity index is 295. The number of aryl methyl sites for hydroxylation is 2. The van der Waals surface area contributed by atoms with E-state index in [2.05, 4.69) is 29.6 Å². The number of carboxylic acid groups (broad SMARTS) is 1. The minimum atomic E-state index is -0.961. The van der Waals surface area contributed by atoms with Gasteiger partial charge in [0.15, 0.2) is 0 Å². The predicted octanol–water partition coefficient (Wildman–Crippen LogP) is 0.947. The van der Waals surface area contributed by atoms with Crippen molar-refractivity contribution >= 4 is 5.97 Å². The van der Waals surface area contributed by atoms with Crippen LogP contribution in [-0.2, 0) is 11.3 Å². The Hall–Kier alpha value is -1.32. The summed E-state index contributed by atoms with van der Waals surface area (Å²) in [4.78, 5) is 12.6. The van der Waals surface area contributed by atoms with Crippen molar-refractivity contribution in [1.82, 2.24) is 4.98 Å². The van der Waals surface area contributed by atoms with Crippen molar-refractivity contribution in [2.45, 2.75) is 53.0 Å². The number of H-pyrrole nitrogens is 1. The summed E-state index contributed by atoms with van der Waals surface area (Å²) in [5, 5.41) is 9.49. The Balaban J connectivity index is 0.000000325. The van der Waals surface area contributed by atoms with Crippen LogP contribution in [0.1, 0.15) is 45.4 Å². The van der Waals surface area contributed by atoms with Crippen LogP contribution < -0.4 is 9.67 Å². The molecule has 92 valence electrons. The fraction of sp³-hybridized carbons (Fsp3) is 0.667. The standard InChI is InChI=1S/C8H14N2.C4H8O2/c1-3-4-6-10-7-5-9-8(10)2;1-2-3-4(5)6/h5,7H,3-4,6H2,1-2H3;2-3H2,1H3,(H,5,6). The molecule has 0 unspecified atom stereocenters. The lowest BCUT2D eigenvalue weighted by Crippen LogP contribution is -2.34. The molecule has 0 bridgehead atoms. The molecule has 0 spiro atoms. The summed E-state index contributed by atoms with van der Waals surface area (Å²) in [7, 11) is 0. The molecule has 0 aliphatic heterocycles. The molecule has 4 nitrogen and oxygen atoms in total. The molecule has 0 fully saturated rings. The van der Waals surface area contributed by atoms with Crippen molar-refractivity contribution in [2.75, 3.05) is 0 Å². The second kappa shape index (κ2) is 8.95. The lowest BCUT2D eigenvalue weighted by Gasteiger charge is -1.93. The molecule has 16 heavy (non-hydrogen) atoms. The molecule has 1 aromatic heterocycles. The van der Waals surface area contributed by atoms with Crippen LogP contribution in [0.25, 0.3) is 0 Å². The molecule has 1 aromatic rings. The molecule has 0 atom stereocenters. The van der Waals surface area contributed by atoms with E-state index in [1.54, 1.807) is 6.92 Å². The maximum absolute atomic E-state index is 9.49. The number of rotatable bonds is 5. The van der Waals surface area contributed by atoms with Gasteiger partial charge in [-0.25, -0.2) is 9.55 Å². The third-order valence-electron chi connectivity index (χ3n) is 2.18. The average Bonchev–Trinajstić information content (AvgIpc) is 2.62. The van der Waals surface area contributed by atoms with Crippen LogP contribution in [0.2, 0.25) is 0 Å². The Labute approximate surface area is 97.3 Å². The number of carbonyl (C=O) groups is 1. The summed E-state index contributed by atoms with van der Waals surface area (Å²) in [6, 6.07) is 0. The molecule has 1 heterocycles. The number of nitrogens with one attached hydrogen (secondary N) is 1. The van der Waals surface area contributed by atoms with E-state index in [9.17, 15) is 9.90 Å². The van der Waals surface area contributed by atoms with Crippen LogP contribution in [0.15, 0.2) is 12.4 Å². The predicted molar refractivity (Wildman–Crippen MR) is 60.5 cm³/mol. The van der Waals surface area contributed by atoms with E-state index >= 15 is 0 Å². The van der Waals surface area contributed by atoms with Gasteiger partial charge in [0.1, 0.15) is 12.4 Å². The number of hydrogen-bond acceptors (Lipinski definition) is 2. The summed E-state index contributed by atoms with van der Waals surface area (Å²) in [6.07, 6.45) is 7.44. The molecule has 1 N–H and O–H groups in total. The number of hydrogen-bond donors (Lipinski definition) is 1. The Morgan fingerprint density at radius 1 is 1.44 bits per heavy atom. The zero-order valence-electron chi connectivity index (χ0n) is 10.5. The number of nitrogens with zero attached hydrogens (tertiary/aromatic N) is 1. The zero-order chi connectivity index (χ0) is 12.4. The van der Waals surface area contributed by atoms with Crippen LogP contribution in [-0.4, -0.2) is 11.0 Å². The van der Waals surface area contributed by atoms with Gasteiger partial charge in [0.25, 0.3) is 5.82 Å². The summed E-state index contributed by atoms with van der Waals surface area (Å²) in [6.45, 7) is 7.25. The highest BCUT2D eigenvalue weighted by Crippen LogP contribution is 1.88. The lowest BCUT2D eigenvalue weighted by atomic mass is 10.3. The van der Waals surface area contributed by atoms with Crippen LogP contribution in [0, 0.1) is 6.92 Å². The highest BCUT2D eigenvalue weighted by atomic mass is 16.4. The van der Waals surface area contributed by atoms with E-state index < -0.39 is 5.97 Å². The van der Waals surface area contributed by atoms with Gasteiger partial charge in [0, 0.05) is 12.9 Å². The summed E-state index contributed by atoms with van der Waals surface area (Å²) >= 11 is 0. The monoisotopic (exact) mass is 226 g/mol. The van der Waals surface area contributed by atoms with Crippen molar-refractivity contribution < 1.29 is 14.5 Å². The van der Waals surface area contributed by atoms with Gasteiger partial charge in [-0.2, -0.15) is 0 Å². The van der Waals surface area contributed by atoms with Gasteiger partial charge in [-0.1, -0.05) is 26.7 Å². The average molecular weight is 226 g/mol. The minimum Gasteiger partial charge on any atom is -0.550 e. The molecule has 0 saturated carbocycles. The molecule has 1 rings (SSSR count). The number of aliphatic carboxylic acids is 1. The van der Waals surface area contributed by atoms with Crippen molar-refractivity contribution in [3.05, 3.63) is 18.2 Å². The topological polar surface area (TPSA) is 59.8 Å². The number of carboxylic acids is 1. The highest BCUT2D eigenvalue weighted by Gasteiger charge is 2.01. The third-order valence-corrected chi connectivity index (χ3v) is 2.18. The maximum Gasteiger partial charge on any atom is 0.251 e. The van der Waals surface area contributed by atoms with E-state index in [0.717, 1.165) is 6.54 Å². The van der Waals surface area contributed by atoms with E-state index in [1.165, 1.54) is 18.7 Å². The van der Waals surface area contributed by atoms with Gasteiger partial charge < -0.3 is 9.90 Å². The quantitative estimate of drug-likeness (QED) is 0.760. The maximum atomic E-state index is 9.49. The molecule has 0 aliphatic carbocycles. The molecular weight excluding hydrogens is 204 g/mol. The van der Waals surface area contributed by atoms with E-state index in [0.29, 0.717) is 6.42 Å². The SMILES string of the molecule is CCCC(=O)[O-].CCCC[n+]1cc[nH]c1C. The molecule has 0 amide bonds. The van der Waals surface area contributed by atoms with Crippen LogP contribution >= 0.6 is 0 Å². The van der Waals surface area contributed by atoms with Gasteiger partial charge in [0.05, 0.1) is 6.54 Å². The van der Waals surface area contributed by atoms with Gasteiger partial charge in [-0.05, 0) is 12.8 Å². The fourth-order valence-electron chi connectivity index (χ4n) is 1.22. The van der Waals surface area contributed by atoms with Crippen molar-refractivity contribution in [2.24, 2.45) is 0 Å². The van der Waals surface area contributed by atoms with Gasteiger partial charge in [0.2, 0.25) is 0 Å². The summed E-state index contributed by atoms with van der Waals surface area (Å²) in [5.74, 6) is 0.283. The first-order valence-corrected chi connectivity index (χ1v) is 5.85.